The number of aliphatic hydroxyl groups excluding tert-OH is 2. The van der Waals surface area contributed by atoms with Crippen LogP contribution in [-0.2, 0) is 16.0 Å². The second-order valence-electron chi connectivity index (χ2n) is 7.78. The summed E-state index contributed by atoms with van der Waals surface area (Å²) in [5.74, 6) is -0.946. The lowest BCUT2D eigenvalue weighted by molar-refractivity contribution is -0.154. The lowest BCUT2D eigenvalue weighted by Crippen LogP contribution is -2.53. The van der Waals surface area contributed by atoms with Gasteiger partial charge in [-0.15, -0.1) is 22.9 Å². The van der Waals surface area contributed by atoms with Gasteiger partial charge in [-0.3, -0.25) is 9.59 Å². The van der Waals surface area contributed by atoms with E-state index < -0.39 is 24.0 Å². The molecule has 3 N–H and O–H groups in total. The van der Waals surface area contributed by atoms with Crippen LogP contribution in [0.4, 0.5) is 0 Å². The molecular weight excluding hydrogens is 400 g/mol. The Labute approximate surface area is 174 Å². The molecule has 6 nitrogen and oxygen atoms in total. The molecule has 8 heteroatoms. The van der Waals surface area contributed by atoms with Crippen LogP contribution < -0.4 is 5.32 Å². The third kappa shape index (κ3) is 5.26. The summed E-state index contributed by atoms with van der Waals surface area (Å²) in [7, 11) is 0. The molecule has 5 atom stereocenters. The van der Waals surface area contributed by atoms with Crippen LogP contribution >= 0.6 is 22.9 Å². The molecule has 156 valence electrons. The van der Waals surface area contributed by atoms with Crippen LogP contribution in [-0.4, -0.2) is 63.6 Å². The number of carbonyl (C=O) groups excluding carboxylic acids is 2. The number of alkyl halides is 1. The zero-order valence-corrected chi connectivity index (χ0v) is 17.5. The van der Waals surface area contributed by atoms with Crippen LogP contribution in [0.1, 0.15) is 43.4 Å². The van der Waals surface area contributed by atoms with Gasteiger partial charge in [0.05, 0.1) is 0 Å². The maximum Gasteiger partial charge on any atom is 0.254 e. The zero-order chi connectivity index (χ0) is 20.1. The Morgan fingerprint density at radius 2 is 2.07 bits per heavy atom. The van der Waals surface area contributed by atoms with Gasteiger partial charge in [0.25, 0.3) is 11.8 Å². The first-order valence-electron chi connectivity index (χ1n) is 10.1. The number of nitrogens with one attached hydrogen (secondary N) is 1. The molecule has 0 bridgehead atoms. The van der Waals surface area contributed by atoms with Gasteiger partial charge in [0, 0.05) is 29.4 Å². The summed E-state index contributed by atoms with van der Waals surface area (Å²) < 4.78 is 0. The van der Waals surface area contributed by atoms with Crippen LogP contribution in [0, 0.1) is 5.92 Å². The summed E-state index contributed by atoms with van der Waals surface area (Å²) in [5.41, 5.74) is 0. The van der Waals surface area contributed by atoms with Gasteiger partial charge >= 0.3 is 0 Å². The number of nitrogens with zero attached hydrogens (tertiary/aromatic N) is 1. The van der Waals surface area contributed by atoms with E-state index in [0.29, 0.717) is 25.4 Å². The Bertz CT molecular complexity index is 657. The molecule has 1 saturated carbocycles. The van der Waals surface area contributed by atoms with Crippen molar-refractivity contribution < 1.29 is 19.8 Å². The van der Waals surface area contributed by atoms with Crippen molar-refractivity contribution in [3.63, 3.8) is 0 Å². The number of aliphatic hydroxyl groups is 2. The highest BCUT2D eigenvalue weighted by atomic mass is 35.5. The topological polar surface area (TPSA) is 89.9 Å². The summed E-state index contributed by atoms with van der Waals surface area (Å²) in [6.45, 7) is 0.902. The molecule has 1 aliphatic carbocycles. The third-order valence-electron chi connectivity index (χ3n) is 5.85. The van der Waals surface area contributed by atoms with E-state index in [-0.39, 0.29) is 11.4 Å². The van der Waals surface area contributed by atoms with E-state index in [1.807, 2.05) is 17.5 Å². The quantitative estimate of drug-likeness (QED) is 0.579. The van der Waals surface area contributed by atoms with Gasteiger partial charge in [-0.1, -0.05) is 12.5 Å². The smallest absolute Gasteiger partial charge is 0.254 e. The molecule has 3 rings (SSSR count). The fourth-order valence-corrected chi connectivity index (χ4v) is 5.48. The van der Waals surface area contributed by atoms with Crippen LogP contribution in [0.25, 0.3) is 0 Å². The summed E-state index contributed by atoms with van der Waals surface area (Å²) in [6.07, 6.45) is 2.86. The van der Waals surface area contributed by atoms with Crippen molar-refractivity contribution in [2.75, 3.05) is 13.1 Å². The van der Waals surface area contributed by atoms with E-state index in [4.69, 9.17) is 11.6 Å². The fraction of sp³-hybridized carbons (Fsp3) is 0.700. The largest absolute Gasteiger partial charge is 0.380 e. The van der Waals surface area contributed by atoms with Gasteiger partial charge in [-0.2, -0.15) is 0 Å². The van der Waals surface area contributed by atoms with Crippen LogP contribution in [0.5, 0.6) is 0 Å². The van der Waals surface area contributed by atoms with E-state index >= 15 is 0 Å². The highest BCUT2D eigenvalue weighted by Gasteiger charge is 2.41. The Kier molecular flexibility index (Phi) is 7.74. The molecule has 3 unspecified atom stereocenters. The second-order valence-corrected chi connectivity index (χ2v) is 9.42. The minimum atomic E-state index is -1.76. The van der Waals surface area contributed by atoms with Gasteiger partial charge in [-0.25, -0.2) is 0 Å². The SMILES string of the molecule is O=C(NCCc1cccs1)[C@H](O)[C@@H](O)C(=O)N1CCCC1C1CCCC(Cl)C1. The van der Waals surface area contributed by atoms with E-state index in [2.05, 4.69) is 5.32 Å². The fourth-order valence-electron chi connectivity index (χ4n) is 4.39. The zero-order valence-electron chi connectivity index (χ0n) is 15.9. The normalized spacial score (nSPS) is 27.4. The predicted octanol–water partition coefficient (Wildman–Crippen LogP) is 1.92. The number of halogens is 1. The van der Waals surface area contributed by atoms with Gasteiger partial charge in [-0.05, 0) is 55.9 Å². The molecule has 1 saturated heterocycles. The molecule has 1 aromatic heterocycles. The van der Waals surface area contributed by atoms with E-state index in [1.165, 1.54) is 0 Å². The average molecular weight is 429 g/mol. The van der Waals surface area contributed by atoms with Crippen molar-refractivity contribution in [2.45, 2.75) is 68.6 Å². The van der Waals surface area contributed by atoms with Crippen molar-refractivity contribution in [1.29, 1.82) is 0 Å². The van der Waals surface area contributed by atoms with Gasteiger partial charge in [0.15, 0.2) is 12.2 Å². The van der Waals surface area contributed by atoms with Crippen molar-refractivity contribution in [3.8, 4) is 0 Å². The minimum Gasteiger partial charge on any atom is -0.380 e. The predicted molar refractivity (Wildman–Crippen MR) is 109 cm³/mol. The number of hydrogen-bond acceptors (Lipinski definition) is 5. The molecule has 1 aliphatic heterocycles. The molecule has 2 aliphatic rings. The molecule has 2 amide bonds. The molecule has 0 radical (unpaired) electrons. The molecule has 2 heterocycles. The molecule has 0 spiro atoms. The van der Waals surface area contributed by atoms with Gasteiger partial charge < -0.3 is 20.4 Å². The second kappa shape index (κ2) is 10.1. The Morgan fingerprint density at radius 1 is 1.25 bits per heavy atom. The maximum absolute atomic E-state index is 12.8. The minimum absolute atomic E-state index is 0.0396. The first kappa shape index (κ1) is 21.6. The number of rotatable bonds is 7. The maximum atomic E-state index is 12.8. The lowest BCUT2D eigenvalue weighted by atomic mass is 9.82. The first-order valence-corrected chi connectivity index (χ1v) is 11.4. The number of thiophene rings is 1. The highest BCUT2D eigenvalue weighted by Crippen LogP contribution is 2.36. The Morgan fingerprint density at radius 3 is 2.79 bits per heavy atom. The van der Waals surface area contributed by atoms with E-state index in [0.717, 1.165) is 43.4 Å². The van der Waals surface area contributed by atoms with Crippen LogP contribution in [0.2, 0.25) is 0 Å². The van der Waals surface area contributed by atoms with Crippen molar-refractivity contribution in [2.24, 2.45) is 5.92 Å². The monoisotopic (exact) mass is 428 g/mol. The van der Waals surface area contributed by atoms with Crippen molar-refractivity contribution in [1.82, 2.24) is 10.2 Å². The highest BCUT2D eigenvalue weighted by molar-refractivity contribution is 7.09. The molecule has 1 aromatic rings. The summed E-state index contributed by atoms with van der Waals surface area (Å²) in [6, 6.07) is 3.94. The van der Waals surface area contributed by atoms with Gasteiger partial charge in [0.1, 0.15) is 0 Å². The third-order valence-corrected chi connectivity index (χ3v) is 7.18. The Balaban J connectivity index is 1.52. The van der Waals surface area contributed by atoms with E-state index in [1.54, 1.807) is 16.2 Å². The van der Waals surface area contributed by atoms with Crippen LogP contribution in [0.3, 0.4) is 0 Å². The average Bonchev–Trinajstić information content (AvgIpc) is 3.38. The lowest BCUT2D eigenvalue weighted by Gasteiger charge is -2.36. The van der Waals surface area contributed by atoms with Crippen LogP contribution in [0.15, 0.2) is 17.5 Å². The van der Waals surface area contributed by atoms with Gasteiger partial charge in [0.2, 0.25) is 0 Å². The summed E-state index contributed by atoms with van der Waals surface area (Å²) >= 11 is 7.90. The number of hydrogen-bond donors (Lipinski definition) is 3. The van der Waals surface area contributed by atoms with Crippen molar-refractivity contribution in [3.05, 3.63) is 22.4 Å². The Hall–Kier alpha value is -1.15. The van der Waals surface area contributed by atoms with E-state index in [9.17, 15) is 19.8 Å². The standard InChI is InChI=1S/C20H29ClN2O4S/c21-14-5-1-4-13(12-14)16-7-2-10-23(16)20(27)18(25)17(24)19(26)22-9-8-15-6-3-11-28-15/h3,6,11,13-14,16-18,24-25H,1-2,4-5,7-10,12H2,(H,22,26)/t13?,14?,16?,17-,18-/m1/s1. The number of amides is 2. The number of carbonyl (C=O) groups is 2. The molecule has 28 heavy (non-hydrogen) atoms. The molecular formula is C20H29ClN2O4S. The molecule has 2 fully saturated rings. The summed E-state index contributed by atoms with van der Waals surface area (Å²) in [5, 5.41) is 25.2. The number of likely N-dealkylation sites (tertiary alicyclic amines) is 1. The van der Waals surface area contributed by atoms with Crippen molar-refractivity contribution >= 4 is 34.8 Å². The first-order chi connectivity index (χ1) is 13.5. The summed E-state index contributed by atoms with van der Waals surface area (Å²) in [4.78, 5) is 27.7. The molecule has 0 aromatic carbocycles.